The largest absolute Gasteiger partial charge is 0.458 e. The molecule has 44 heavy (non-hydrogen) atoms. The van der Waals surface area contributed by atoms with Crippen molar-refractivity contribution in [2.24, 2.45) is 0 Å². The Hall–Kier alpha value is -3.80. The zero-order chi connectivity index (χ0) is 30.9. The lowest BCUT2D eigenvalue weighted by molar-refractivity contribution is -0.349. The molecule has 2 fully saturated rings. The van der Waals surface area contributed by atoms with E-state index in [0.717, 1.165) is 16.7 Å². The first-order chi connectivity index (χ1) is 21.2. The standard InChI is InChI=1S/C34H39NO9/c1-34(2,3)44-27(36)22-38-30-28(35-33(37)41-20-24-15-9-5-10-16-24)32(39-19-23-13-7-4-8-14-23)42-26-21-40-31(43-29(26)30)25-17-11-6-12-18-25/h4-18,26,28-32H,19-22H2,1-3H3,(H,35,37)/t26-,28-,29-,30-,31?,32+/m1/s1. The van der Waals surface area contributed by atoms with Crippen LogP contribution in [-0.4, -0.2) is 61.5 Å². The van der Waals surface area contributed by atoms with Gasteiger partial charge in [0.1, 0.15) is 43.2 Å². The fourth-order valence-corrected chi connectivity index (χ4v) is 5.03. The third-order valence-corrected chi connectivity index (χ3v) is 6.98. The summed E-state index contributed by atoms with van der Waals surface area (Å²) in [6, 6.07) is 27.5. The zero-order valence-electron chi connectivity index (χ0n) is 25.1. The minimum absolute atomic E-state index is 0.0612. The van der Waals surface area contributed by atoms with E-state index in [4.69, 9.17) is 33.2 Å². The molecule has 2 aliphatic heterocycles. The molecule has 10 nitrogen and oxygen atoms in total. The molecular formula is C34H39NO9. The van der Waals surface area contributed by atoms with Crippen LogP contribution in [-0.2, 0) is 51.2 Å². The number of rotatable bonds is 10. The van der Waals surface area contributed by atoms with Crippen LogP contribution in [0, 0.1) is 0 Å². The van der Waals surface area contributed by atoms with Gasteiger partial charge in [-0.2, -0.15) is 0 Å². The molecule has 3 aromatic rings. The summed E-state index contributed by atoms with van der Waals surface area (Å²) in [6.45, 7) is 5.39. The first kappa shape index (κ1) is 31.6. The highest BCUT2D eigenvalue weighted by Gasteiger charge is 2.52. The molecule has 0 aromatic heterocycles. The highest BCUT2D eigenvalue weighted by Crippen LogP contribution is 2.36. The fourth-order valence-electron chi connectivity index (χ4n) is 5.03. The molecule has 0 saturated carbocycles. The summed E-state index contributed by atoms with van der Waals surface area (Å²) < 4.78 is 42.2. The van der Waals surface area contributed by atoms with Gasteiger partial charge in [0.25, 0.3) is 0 Å². The SMILES string of the molecule is CC(C)(C)OC(=O)CO[C@@H]1[C@@H](NC(=O)OCc2ccccc2)[C@@H](OCc2ccccc2)O[C@@H]2COC(c3ccccc3)O[C@@H]12. The Bertz CT molecular complexity index is 1330. The normalized spacial score (nSPS) is 25.0. The maximum atomic E-state index is 13.2. The van der Waals surface area contributed by atoms with Crippen molar-refractivity contribution in [1.29, 1.82) is 0 Å². The van der Waals surface area contributed by atoms with Gasteiger partial charge >= 0.3 is 12.1 Å². The van der Waals surface area contributed by atoms with Crippen LogP contribution >= 0.6 is 0 Å². The number of carbonyl (C=O) groups excluding carboxylic acids is 2. The molecule has 2 aliphatic rings. The van der Waals surface area contributed by atoms with Gasteiger partial charge in [-0.1, -0.05) is 91.0 Å². The number of carbonyl (C=O) groups is 2. The first-order valence-electron chi connectivity index (χ1n) is 14.7. The Morgan fingerprint density at radius 1 is 0.818 bits per heavy atom. The van der Waals surface area contributed by atoms with Crippen molar-refractivity contribution in [3.05, 3.63) is 108 Å². The van der Waals surface area contributed by atoms with Crippen LogP contribution in [0.2, 0.25) is 0 Å². The second-order valence-corrected chi connectivity index (χ2v) is 11.6. The highest BCUT2D eigenvalue weighted by molar-refractivity contribution is 5.71. The van der Waals surface area contributed by atoms with Gasteiger partial charge in [0.05, 0.1) is 13.2 Å². The van der Waals surface area contributed by atoms with Crippen molar-refractivity contribution in [3.63, 3.8) is 0 Å². The molecule has 0 spiro atoms. The number of ether oxygens (including phenoxy) is 7. The third-order valence-electron chi connectivity index (χ3n) is 6.98. The average molecular weight is 606 g/mol. The fraction of sp³-hybridized carbons (Fsp3) is 0.412. The van der Waals surface area contributed by atoms with Crippen molar-refractivity contribution in [3.8, 4) is 0 Å². The Balaban J connectivity index is 1.39. The van der Waals surface area contributed by atoms with Gasteiger partial charge in [-0.15, -0.1) is 0 Å². The van der Waals surface area contributed by atoms with Crippen LogP contribution in [0.3, 0.4) is 0 Å². The Kier molecular flexibility index (Phi) is 10.6. The smallest absolute Gasteiger partial charge is 0.407 e. The van der Waals surface area contributed by atoms with E-state index < -0.39 is 54.6 Å². The summed E-state index contributed by atoms with van der Waals surface area (Å²) in [7, 11) is 0. The lowest BCUT2D eigenvalue weighted by Gasteiger charge is -2.49. The minimum Gasteiger partial charge on any atom is -0.458 e. The van der Waals surface area contributed by atoms with Gasteiger partial charge in [-0.3, -0.25) is 0 Å². The molecule has 0 aliphatic carbocycles. The second kappa shape index (κ2) is 14.8. The molecule has 2 heterocycles. The number of fused-ring (bicyclic) bond motifs is 1. The molecule has 6 atom stereocenters. The topological polar surface area (TPSA) is 111 Å². The summed E-state index contributed by atoms with van der Waals surface area (Å²) in [5, 5.41) is 2.88. The third kappa shape index (κ3) is 8.87. The maximum absolute atomic E-state index is 13.2. The number of hydrogen-bond acceptors (Lipinski definition) is 9. The minimum atomic E-state index is -0.982. The van der Waals surface area contributed by atoms with Crippen molar-refractivity contribution >= 4 is 12.1 Å². The molecule has 234 valence electrons. The van der Waals surface area contributed by atoms with E-state index in [-0.39, 0.29) is 26.4 Å². The number of esters is 1. The lowest BCUT2D eigenvalue weighted by atomic mass is 9.95. The van der Waals surface area contributed by atoms with Gasteiger partial charge in [0.15, 0.2) is 12.6 Å². The van der Waals surface area contributed by atoms with Crippen molar-refractivity contribution in [2.45, 2.75) is 76.5 Å². The van der Waals surface area contributed by atoms with Crippen LogP contribution in [0.4, 0.5) is 4.79 Å². The van der Waals surface area contributed by atoms with Gasteiger partial charge in [0.2, 0.25) is 0 Å². The molecule has 0 bridgehead atoms. The summed E-state index contributed by atoms with van der Waals surface area (Å²) >= 11 is 0. The van der Waals surface area contributed by atoms with Crippen molar-refractivity contribution in [1.82, 2.24) is 5.32 Å². The van der Waals surface area contributed by atoms with Gasteiger partial charge in [0, 0.05) is 5.56 Å². The maximum Gasteiger partial charge on any atom is 0.407 e. The van der Waals surface area contributed by atoms with E-state index in [1.54, 1.807) is 20.8 Å². The van der Waals surface area contributed by atoms with Crippen LogP contribution in [0.5, 0.6) is 0 Å². The number of nitrogens with one attached hydrogen (secondary N) is 1. The molecule has 1 N–H and O–H groups in total. The predicted octanol–water partition coefficient (Wildman–Crippen LogP) is 5.06. The Labute approximate surface area is 257 Å². The molecular weight excluding hydrogens is 566 g/mol. The molecule has 5 rings (SSSR count). The zero-order valence-corrected chi connectivity index (χ0v) is 25.1. The molecule has 3 aromatic carbocycles. The Morgan fingerprint density at radius 3 is 2.07 bits per heavy atom. The van der Waals surface area contributed by atoms with Crippen LogP contribution in [0.15, 0.2) is 91.0 Å². The molecule has 2 saturated heterocycles. The number of benzene rings is 3. The quantitative estimate of drug-likeness (QED) is 0.317. The molecule has 10 heteroatoms. The number of hydrogen-bond donors (Lipinski definition) is 1. The summed E-state index contributed by atoms with van der Waals surface area (Å²) in [6.07, 6.45) is -4.62. The predicted molar refractivity (Wildman–Crippen MR) is 159 cm³/mol. The monoisotopic (exact) mass is 605 g/mol. The van der Waals surface area contributed by atoms with Crippen LogP contribution < -0.4 is 5.32 Å². The lowest BCUT2D eigenvalue weighted by Crippen LogP contribution is -2.67. The van der Waals surface area contributed by atoms with Gasteiger partial charge in [-0.25, -0.2) is 9.59 Å². The van der Waals surface area contributed by atoms with Gasteiger partial charge in [-0.05, 0) is 31.9 Å². The van der Waals surface area contributed by atoms with Crippen LogP contribution in [0.25, 0.3) is 0 Å². The number of alkyl carbamates (subject to hydrolysis) is 1. The van der Waals surface area contributed by atoms with E-state index >= 15 is 0 Å². The molecule has 1 amide bonds. The summed E-state index contributed by atoms with van der Waals surface area (Å²) in [4.78, 5) is 25.9. The summed E-state index contributed by atoms with van der Waals surface area (Å²) in [5.74, 6) is -0.556. The van der Waals surface area contributed by atoms with E-state index in [0.29, 0.717) is 0 Å². The highest BCUT2D eigenvalue weighted by atomic mass is 16.8. The van der Waals surface area contributed by atoms with Crippen LogP contribution in [0.1, 0.15) is 43.8 Å². The van der Waals surface area contributed by atoms with Crippen molar-refractivity contribution in [2.75, 3.05) is 13.2 Å². The number of amides is 1. The second-order valence-electron chi connectivity index (χ2n) is 11.6. The van der Waals surface area contributed by atoms with E-state index in [2.05, 4.69) is 5.32 Å². The first-order valence-corrected chi connectivity index (χ1v) is 14.7. The average Bonchev–Trinajstić information content (AvgIpc) is 3.02. The molecule has 1 unspecified atom stereocenters. The van der Waals surface area contributed by atoms with E-state index in [1.807, 2.05) is 91.0 Å². The van der Waals surface area contributed by atoms with E-state index in [9.17, 15) is 9.59 Å². The van der Waals surface area contributed by atoms with Crippen molar-refractivity contribution < 1.29 is 42.7 Å². The molecule has 0 radical (unpaired) electrons. The summed E-state index contributed by atoms with van der Waals surface area (Å²) in [5.41, 5.74) is 1.85. The van der Waals surface area contributed by atoms with E-state index in [1.165, 1.54) is 0 Å². The Morgan fingerprint density at radius 2 is 1.43 bits per heavy atom. The van der Waals surface area contributed by atoms with Gasteiger partial charge < -0.3 is 38.5 Å².